The van der Waals surface area contributed by atoms with Crippen molar-refractivity contribution >= 4 is 52.6 Å². The van der Waals surface area contributed by atoms with Crippen molar-refractivity contribution in [3.63, 3.8) is 0 Å². The molecular formula is C26H25N3O3S. The van der Waals surface area contributed by atoms with Crippen LogP contribution in [0.4, 0.5) is 17.1 Å². The number of benzene rings is 3. The van der Waals surface area contributed by atoms with Gasteiger partial charge in [-0.3, -0.25) is 14.4 Å². The van der Waals surface area contributed by atoms with Gasteiger partial charge in [0, 0.05) is 35.0 Å². The highest BCUT2D eigenvalue weighted by molar-refractivity contribution is 8.00. The van der Waals surface area contributed by atoms with Gasteiger partial charge in [0.25, 0.3) is 0 Å². The lowest BCUT2D eigenvalue weighted by Crippen LogP contribution is -2.22. The molecule has 1 unspecified atom stereocenters. The van der Waals surface area contributed by atoms with Crippen molar-refractivity contribution in [2.24, 2.45) is 0 Å². The van der Waals surface area contributed by atoms with E-state index in [0.29, 0.717) is 17.1 Å². The van der Waals surface area contributed by atoms with E-state index >= 15 is 0 Å². The summed E-state index contributed by atoms with van der Waals surface area (Å²) in [5.41, 5.74) is 2.92. The maximum Gasteiger partial charge on any atom is 0.248 e. The van der Waals surface area contributed by atoms with Gasteiger partial charge in [0.15, 0.2) is 0 Å². The minimum Gasteiger partial charge on any atom is -0.326 e. The van der Waals surface area contributed by atoms with Crippen LogP contribution in [0.5, 0.6) is 0 Å². The molecule has 3 aromatic rings. The van der Waals surface area contributed by atoms with Crippen LogP contribution in [0, 0.1) is 0 Å². The van der Waals surface area contributed by atoms with Crippen molar-refractivity contribution < 1.29 is 14.4 Å². The number of anilines is 3. The summed E-state index contributed by atoms with van der Waals surface area (Å²) in [6, 6.07) is 23.9. The average Bonchev–Trinajstić information content (AvgIpc) is 2.79. The van der Waals surface area contributed by atoms with Crippen molar-refractivity contribution in [2.45, 2.75) is 24.0 Å². The predicted molar refractivity (Wildman–Crippen MR) is 135 cm³/mol. The molecule has 0 saturated carbocycles. The van der Waals surface area contributed by atoms with Gasteiger partial charge in [0.2, 0.25) is 17.7 Å². The fourth-order valence-corrected chi connectivity index (χ4v) is 3.84. The number of hydrogen-bond acceptors (Lipinski definition) is 4. The Hall–Kier alpha value is -3.84. The van der Waals surface area contributed by atoms with Crippen molar-refractivity contribution in [1.82, 2.24) is 0 Å². The van der Waals surface area contributed by atoms with Gasteiger partial charge in [-0.1, -0.05) is 36.4 Å². The zero-order chi connectivity index (χ0) is 23.6. The van der Waals surface area contributed by atoms with Crippen LogP contribution in [0.2, 0.25) is 0 Å². The molecule has 0 aliphatic heterocycles. The monoisotopic (exact) mass is 459 g/mol. The van der Waals surface area contributed by atoms with Gasteiger partial charge >= 0.3 is 0 Å². The molecule has 0 saturated heterocycles. The maximum absolute atomic E-state index is 12.6. The van der Waals surface area contributed by atoms with E-state index in [1.165, 1.54) is 24.8 Å². The second-order valence-corrected chi connectivity index (χ2v) is 8.68. The predicted octanol–water partition coefficient (Wildman–Crippen LogP) is 5.42. The third-order valence-electron chi connectivity index (χ3n) is 4.48. The fraction of sp³-hybridized carbons (Fsp3) is 0.115. The first-order valence-electron chi connectivity index (χ1n) is 10.4. The lowest BCUT2D eigenvalue weighted by Gasteiger charge is -2.13. The van der Waals surface area contributed by atoms with E-state index < -0.39 is 0 Å². The van der Waals surface area contributed by atoms with Crippen LogP contribution in [-0.4, -0.2) is 23.0 Å². The number of carbonyl (C=O) groups is 3. The molecule has 0 aliphatic carbocycles. The van der Waals surface area contributed by atoms with Gasteiger partial charge in [0.1, 0.15) is 0 Å². The summed E-state index contributed by atoms with van der Waals surface area (Å²) in [7, 11) is 0. The first-order valence-corrected chi connectivity index (χ1v) is 11.3. The molecule has 0 heterocycles. The zero-order valence-corrected chi connectivity index (χ0v) is 19.2. The normalized spacial score (nSPS) is 11.6. The van der Waals surface area contributed by atoms with E-state index in [1.54, 1.807) is 36.4 Å². The lowest BCUT2D eigenvalue weighted by atomic mass is 10.2. The van der Waals surface area contributed by atoms with Crippen LogP contribution in [-0.2, 0) is 14.4 Å². The minimum absolute atomic E-state index is 0.146. The molecule has 0 fully saturated rings. The van der Waals surface area contributed by atoms with Crippen molar-refractivity contribution in [3.05, 3.63) is 90.5 Å². The summed E-state index contributed by atoms with van der Waals surface area (Å²) in [6.07, 6.45) is 3.24. The van der Waals surface area contributed by atoms with Crippen molar-refractivity contribution in [2.75, 3.05) is 16.0 Å². The molecule has 168 valence electrons. The second-order valence-electron chi connectivity index (χ2n) is 7.27. The molecule has 3 aromatic carbocycles. The summed E-state index contributed by atoms with van der Waals surface area (Å²) in [6.45, 7) is 3.26. The van der Waals surface area contributed by atoms with E-state index in [0.717, 1.165) is 10.5 Å². The Balaban J connectivity index is 1.54. The molecule has 3 amide bonds. The van der Waals surface area contributed by atoms with Gasteiger partial charge in [0.05, 0.1) is 5.25 Å². The second kappa shape index (κ2) is 11.7. The highest BCUT2D eigenvalue weighted by atomic mass is 32.2. The number of thioether (sulfide) groups is 1. The van der Waals surface area contributed by atoms with Gasteiger partial charge in [-0.25, -0.2) is 0 Å². The number of nitrogens with one attached hydrogen (secondary N) is 3. The molecule has 0 spiro atoms. The molecule has 0 bridgehead atoms. The molecule has 0 aliphatic rings. The van der Waals surface area contributed by atoms with E-state index in [9.17, 15) is 14.4 Å². The van der Waals surface area contributed by atoms with Crippen LogP contribution in [0.25, 0.3) is 6.08 Å². The van der Waals surface area contributed by atoms with Crippen molar-refractivity contribution in [3.8, 4) is 0 Å². The standard InChI is InChI=1S/C26H25N3O3S/c1-18(26(32)29-22-14-12-21(13-15-22)27-19(2)30)33-24-10-6-9-23(17-24)28-25(31)16-11-20-7-4-3-5-8-20/h3-18H,1-2H3,(H,27,30)(H,28,31)(H,29,32)/b16-11+. The first kappa shape index (κ1) is 23.8. The van der Waals surface area contributed by atoms with Crippen LogP contribution in [0.15, 0.2) is 89.8 Å². The molecule has 7 heteroatoms. The molecule has 1 atom stereocenters. The van der Waals surface area contributed by atoms with Gasteiger partial charge < -0.3 is 16.0 Å². The Kier molecular flexibility index (Phi) is 8.43. The van der Waals surface area contributed by atoms with Crippen LogP contribution in [0.3, 0.4) is 0 Å². The molecular weight excluding hydrogens is 434 g/mol. The summed E-state index contributed by atoms with van der Waals surface area (Å²) < 4.78 is 0. The van der Waals surface area contributed by atoms with Gasteiger partial charge in [-0.05, 0) is 61.0 Å². The lowest BCUT2D eigenvalue weighted by molar-refractivity contribution is -0.115. The average molecular weight is 460 g/mol. The van der Waals surface area contributed by atoms with Crippen LogP contribution >= 0.6 is 11.8 Å². The Labute approximate surface area is 197 Å². The smallest absolute Gasteiger partial charge is 0.248 e. The summed E-state index contributed by atoms with van der Waals surface area (Å²) in [5.74, 6) is -0.524. The minimum atomic E-state index is -0.357. The Morgan fingerprint density at radius 2 is 1.45 bits per heavy atom. The molecule has 3 rings (SSSR count). The number of hydrogen-bond donors (Lipinski definition) is 3. The topological polar surface area (TPSA) is 87.3 Å². The van der Waals surface area contributed by atoms with E-state index in [-0.39, 0.29) is 23.0 Å². The number of rotatable bonds is 8. The summed E-state index contributed by atoms with van der Waals surface area (Å²) in [4.78, 5) is 36.8. The fourth-order valence-electron chi connectivity index (χ4n) is 2.91. The van der Waals surface area contributed by atoms with E-state index in [1.807, 2.05) is 55.5 Å². The van der Waals surface area contributed by atoms with Gasteiger partial charge in [-0.15, -0.1) is 11.8 Å². The molecule has 0 radical (unpaired) electrons. The SMILES string of the molecule is CC(=O)Nc1ccc(NC(=O)C(C)Sc2cccc(NC(=O)/C=C/c3ccccc3)c2)cc1. The molecule has 33 heavy (non-hydrogen) atoms. The van der Waals surface area contributed by atoms with Crippen LogP contribution in [0.1, 0.15) is 19.4 Å². The highest BCUT2D eigenvalue weighted by Gasteiger charge is 2.15. The first-order chi connectivity index (χ1) is 15.9. The van der Waals surface area contributed by atoms with E-state index in [2.05, 4.69) is 16.0 Å². The molecule has 0 aromatic heterocycles. The highest BCUT2D eigenvalue weighted by Crippen LogP contribution is 2.27. The summed E-state index contributed by atoms with van der Waals surface area (Å²) >= 11 is 1.40. The third-order valence-corrected chi connectivity index (χ3v) is 5.58. The largest absolute Gasteiger partial charge is 0.326 e. The number of amides is 3. The Morgan fingerprint density at radius 3 is 2.12 bits per heavy atom. The Morgan fingerprint density at radius 1 is 0.788 bits per heavy atom. The molecule has 3 N–H and O–H groups in total. The quantitative estimate of drug-likeness (QED) is 0.310. The summed E-state index contributed by atoms with van der Waals surface area (Å²) in [5, 5.41) is 8.04. The maximum atomic E-state index is 12.6. The Bertz CT molecular complexity index is 1140. The zero-order valence-electron chi connectivity index (χ0n) is 18.4. The van der Waals surface area contributed by atoms with Gasteiger partial charge in [-0.2, -0.15) is 0 Å². The van der Waals surface area contributed by atoms with Crippen LogP contribution < -0.4 is 16.0 Å². The van der Waals surface area contributed by atoms with Crippen molar-refractivity contribution in [1.29, 1.82) is 0 Å². The molecule has 6 nitrogen and oxygen atoms in total. The third kappa shape index (κ3) is 7.97. The number of carbonyl (C=O) groups excluding carboxylic acids is 3. The van der Waals surface area contributed by atoms with E-state index in [4.69, 9.17) is 0 Å².